The van der Waals surface area contributed by atoms with E-state index in [0.717, 1.165) is 32.5 Å². The lowest BCUT2D eigenvalue weighted by Gasteiger charge is -2.10. The van der Waals surface area contributed by atoms with E-state index < -0.39 is 0 Å². The third-order valence-electron chi connectivity index (χ3n) is 3.11. The maximum atomic E-state index is 10.7. The van der Waals surface area contributed by atoms with Crippen LogP contribution in [0, 0.1) is 0 Å². The highest BCUT2D eigenvalue weighted by Gasteiger charge is 2.16. The number of rotatable bonds is 7. The molecule has 5 N–H and O–H groups in total. The molecular weight excluding hydrogens is 226 g/mol. The van der Waals surface area contributed by atoms with Gasteiger partial charge in [0.25, 0.3) is 0 Å². The van der Waals surface area contributed by atoms with Gasteiger partial charge >= 0.3 is 0 Å². The van der Waals surface area contributed by atoms with Crippen LogP contribution in [-0.4, -0.2) is 30.4 Å². The number of hydrogen-bond acceptors (Lipinski definition) is 3. The average molecular weight is 259 g/mol. The van der Waals surface area contributed by atoms with E-state index in [0.29, 0.717) is 5.91 Å². The van der Waals surface area contributed by atoms with Gasteiger partial charge in [0.2, 0.25) is 5.91 Å². The second kappa shape index (κ2) is 14.5. The quantitative estimate of drug-likeness (QED) is 0.689. The first-order valence-electron chi connectivity index (χ1n) is 7.24. The number of carbonyl (C=O) groups excluding carboxylic acids is 1. The summed E-state index contributed by atoms with van der Waals surface area (Å²) in [6.45, 7) is 6.99. The van der Waals surface area contributed by atoms with E-state index in [-0.39, 0.29) is 6.15 Å². The van der Waals surface area contributed by atoms with E-state index in [9.17, 15) is 4.79 Å². The molecule has 1 aliphatic rings. The smallest absolute Gasteiger partial charge is 0.222 e. The molecule has 1 fully saturated rings. The molecule has 4 heteroatoms. The van der Waals surface area contributed by atoms with Crippen molar-refractivity contribution in [2.24, 2.45) is 5.73 Å². The fraction of sp³-hybridized carbons (Fsp3) is 0.929. The molecule has 110 valence electrons. The summed E-state index contributed by atoms with van der Waals surface area (Å²) in [6, 6.07) is 0. The third-order valence-corrected chi connectivity index (χ3v) is 3.11. The lowest BCUT2D eigenvalue weighted by atomic mass is 10.1. The zero-order valence-electron chi connectivity index (χ0n) is 12.4. The second-order valence-corrected chi connectivity index (χ2v) is 4.63. The van der Waals surface area contributed by atoms with Crippen LogP contribution in [0.5, 0.6) is 0 Å². The average Bonchev–Trinajstić information content (AvgIpc) is 2.75. The van der Waals surface area contributed by atoms with Crippen molar-refractivity contribution in [2.75, 3.05) is 19.6 Å². The zero-order valence-corrected chi connectivity index (χ0v) is 12.4. The molecule has 18 heavy (non-hydrogen) atoms. The Kier molecular flexibility index (Phi) is 15.8. The van der Waals surface area contributed by atoms with E-state index in [1.54, 1.807) is 0 Å². The lowest BCUT2D eigenvalue weighted by molar-refractivity contribution is -0.127. The molecule has 0 spiro atoms. The molecule has 0 aromatic rings. The van der Waals surface area contributed by atoms with Crippen LogP contribution in [0.2, 0.25) is 0 Å². The van der Waals surface area contributed by atoms with Gasteiger partial charge in [0.15, 0.2) is 0 Å². The number of likely N-dealkylation sites (tertiary alicyclic amines) is 1. The monoisotopic (exact) mass is 259 g/mol. The summed E-state index contributed by atoms with van der Waals surface area (Å²) < 4.78 is 0. The summed E-state index contributed by atoms with van der Waals surface area (Å²) in [5.74, 6) is 0.326. The van der Waals surface area contributed by atoms with Crippen LogP contribution in [0.4, 0.5) is 0 Å². The molecule has 1 saturated heterocycles. The van der Waals surface area contributed by atoms with Crippen LogP contribution in [0.3, 0.4) is 0 Å². The van der Waals surface area contributed by atoms with E-state index >= 15 is 0 Å². The van der Waals surface area contributed by atoms with Crippen LogP contribution >= 0.6 is 0 Å². The van der Waals surface area contributed by atoms with Crippen LogP contribution in [0.25, 0.3) is 0 Å². The number of nitrogens with zero attached hydrogens (tertiary/aromatic N) is 1. The third kappa shape index (κ3) is 10.5. The van der Waals surface area contributed by atoms with E-state index in [4.69, 9.17) is 5.73 Å². The summed E-state index contributed by atoms with van der Waals surface area (Å²) in [5, 5.41) is 0. The van der Waals surface area contributed by atoms with E-state index in [2.05, 4.69) is 6.92 Å². The van der Waals surface area contributed by atoms with Crippen molar-refractivity contribution in [1.29, 1.82) is 0 Å². The van der Waals surface area contributed by atoms with Crippen molar-refractivity contribution in [3.05, 3.63) is 0 Å². The predicted molar refractivity (Wildman–Crippen MR) is 78.9 cm³/mol. The van der Waals surface area contributed by atoms with Gasteiger partial charge in [-0.25, -0.2) is 0 Å². The Morgan fingerprint density at radius 2 is 1.72 bits per heavy atom. The molecule has 1 aliphatic heterocycles. The molecule has 1 heterocycles. The van der Waals surface area contributed by atoms with Gasteiger partial charge in [-0.1, -0.05) is 39.0 Å². The molecule has 4 nitrogen and oxygen atoms in total. The summed E-state index contributed by atoms with van der Waals surface area (Å²) >= 11 is 0. The first kappa shape index (κ1) is 19.7. The first-order chi connectivity index (χ1) is 8.26. The van der Waals surface area contributed by atoms with Gasteiger partial charge in [-0.05, 0) is 26.3 Å². The Morgan fingerprint density at radius 1 is 1.11 bits per heavy atom. The molecule has 0 saturated carbocycles. The van der Waals surface area contributed by atoms with Crippen molar-refractivity contribution in [3.63, 3.8) is 0 Å². The number of unbranched alkanes of at least 4 members (excludes halogenated alkanes) is 5. The Balaban J connectivity index is 0. The van der Waals surface area contributed by atoms with Crippen LogP contribution in [0.1, 0.15) is 65.2 Å². The van der Waals surface area contributed by atoms with Gasteiger partial charge in [0.05, 0.1) is 0 Å². The molecule has 0 aromatic carbocycles. The fourth-order valence-corrected chi connectivity index (χ4v) is 1.96. The Labute approximate surface area is 113 Å². The highest BCUT2D eigenvalue weighted by Crippen LogP contribution is 2.07. The molecule has 0 aliphatic carbocycles. The largest absolute Gasteiger partial charge is 0.344 e. The number of carbonyl (C=O) groups is 1. The summed E-state index contributed by atoms with van der Waals surface area (Å²) in [4.78, 5) is 12.6. The highest BCUT2D eigenvalue weighted by atomic mass is 16.2. The van der Waals surface area contributed by atoms with Crippen molar-refractivity contribution >= 4 is 5.91 Å². The number of hydrogen-bond donors (Lipinski definition) is 2. The van der Waals surface area contributed by atoms with Crippen molar-refractivity contribution in [3.8, 4) is 0 Å². The maximum Gasteiger partial charge on any atom is 0.222 e. The fourth-order valence-electron chi connectivity index (χ4n) is 1.96. The van der Waals surface area contributed by atoms with Gasteiger partial charge in [-0.15, -0.1) is 0 Å². The normalized spacial score (nSPS) is 13.9. The molecule has 0 atom stereocenters. The van der Waals surface area contributed by atoms with Gasteiger partial charge in [-0.3, -0.25) is 4.79 Å². The SMILES string of the molecule is CCCCCCCCN.CCN1CCCC1=O.N. The van der Waals surface area contributed by atoms with Crippen molar-refractivity contribution < 1.29 is 4.79 Å². The maximum absolute atomic E-state index is 10.7. The number of nitrogens with two attached hydrogens (primary N) is 1. The first-order valence-corrected chi connectivity index (χ1v) is 7.24. The van der Waals surface area contributed by atoms with Crippen LogP contribution in [-0.2, 0) is 4.79 Å². The minimum absolute atomic E-state index is 0. The molecule has 0 aromatic heterocycles. The molecule has 0 bridgehead atoms. The summed E-state index contributed by atoms with van der Waals surface area (Å²) in [5.41, 5.74) is 5.34. The van der Waals surface area contributed by atoms with Gasteiger partial charge < -0.3 is 16.8 Å². The Hall–Kier alpha value is -0.610. The minimum Gasteiger partial charge on any atom is -0.344 e. The molecular formula is C14H33N3O. The van der Waals surface area contributed by atoms with E-state index in [1.165, 1.54) is 38.5 Å². The van der Waals surface area contributed by atoms with E-state index in [1.807, 2.05) is 11.8 Å². The highest BCUT2D eigenvalue weighted by molar-refractivity contribution is 5.77. The van der Waals surface area contributed by atoms with Crippen molar-refractivity contribution in [2.45, 2.75) is 65.2 Å². The van der Waals surface area contributed by atoms with Crippen LogP contribution < -0.4 is 11.9 Å². The minimum atomic E-state index is 0. The van der Waals surface area contributed by atoms with Crippen molar-refractivity contribution in [1.82, 2.24) is 11.1 Å². The van der Waals surface area contributed by atoms with Crippen LogP contribution in [0.15, 0.2) is 0 Å². The second-order valence-electron chi connectivity index (χ2n) is 4.63. The zero-order chi connectivity index (χ0) is 12.9. The Morgan fingerprint density at radius 3 is 2.11 bits per heavy atom. The van der Waals surface area contributed by atoms with Gasteiger partial charge in [-0.2, -0.15) is 0 Å². The Bertz CT molecular complexity index is 180. The van der Waals surface area contributed by atoms with Gasteiger partial charge in [0.1, 0.15) is 0 Å². The van der Waals surface area contributed by atoms with Gasteiger partial charge in [0, 0.05) is 19.5 Å². The standard InChI is InChI=1S/C8H19N.C6H11NO.H3N/c1-2-3-4-5-6-7-8-9;1-2-7-5-3-4-6(7)8;/h2-9H2,1H3;2-5H2,1H3;1H3. The molecule has 1 rings (SSSR count). The summed E-state index contributed by atoms with van der Waals surface area (Å²) in [7, 11) is 0. The molecule has 1 amide bonds. The number of amides is 1. The topological polar surface area (TPSA) is 81.3 Å². The molecule has 0 radical (unpaired) electrons. The predicted octanol–water partition coefficient (Wildman–Crippen LogP) is 3.10. The lowest BCUT2D eigenvalue weighted by Crippen LogP contribution is -2.23. The summed E-state index contributed by atoms with van der Waals surface area (Å²) in [6.07, 6.45) is 9.88. The molecule has 0 unspecified atom stereocenters.